The van der Waals surface area contributed by atoms with E-state index in [9.17, 15) is 4.79 Å². The van der Waals surface area contributed by atoms with Crippen LogP contribution in [0.15, 0.2) is 60.7 Å². The number of amides is 1. The number of imidazole rings is 1. The number of unbranched alkanes of at least 4 members (excludes halogenated alkanes) is 2. The Morgan fingerprint density at radius 1 is 0.944 bits per heavy atom. The van der Waals surface area contributed by atoms with Crippen molar-refractivity contribution in [3.8, 4) is 5.75 Å². The molecule has 0 aliphatic carbocycles. The maximum atomic E-state index is 12.3. The van der Waals surface area contributed by atoms with Crippen molar-refractivity contribution in [1.29, 1.82) is 0 Å². The summed E-state index contributed by atoms with van der Waals surface area (Å²) in [5.41, 5.74) is 8.60. The van der Waals surface area contributed by atoms with Gasteiger partial charge in [0.2, 0.25) is 5.91 Å². The van der Waals surface area contributed by atoms with Gasteiger partial charge in [-0.15, -0.1) is 0 Å². The van der Waals surface area contributed by atoms with Gasteiger partial charge in [-0.2, -0.15) is 0 Å². The monoisotopic (exact) mass is 483 g/mol. The highest BCUT2D eigenvalue weighted by molar-refractivity contribution is 5.78. The number of hydrogen-bond donors (Lipinski definition) is 1. The number of carbonyl (C=O) groups excluding carboxylic acids is 1. The number of aryl methyl sites for hydroxylation is 4. The number of fused-ring (bicyclic) bond motifs is 1. The van der Waals surface area contributed by atoms with E-state index < -0.39 is 0 Å². The molecule has 0 atom stereocenters. The topological polar surface area (TPSA) is 56.1 Å². The fourth-order valence-corrected chi connectivity index (χ4v) is 4.91. The van der Waals surface area contributed by atoms with Crippen molar-refractivity contribution in [3.05, 3.63) is 94.3 Å². The number of ether oxygens (including phenoxy) is 1. The number of para-hydroxylation sites is 2. The maximum absolute atomic E-state index is 12.3. The Bertz CT molecular complexity index is 1300. The molecule has 3 aromatic carbocycles. The fraction of sp³-hybridized carbons (Fsp3) is 0.355. The van der Waals surface area contributed by atoms with E-state index in [2.05, 4.69) is 67.1 Å². The molecule has 0 aliphatic rings. The molecule has 0 unspecified atom stereocenters. The normalized spacial score (nSPS) is 11.1. The molecule has 4 rings (SSSR count). The molecule has 0 fully saturated rings. The van der Waals surface area contributed by atoms with Crippen LogP contribution in [0, 0.1) is 20.8 Å². The number of nitrogens with zero attached hydrogens (tertiary/aromatic N) is 2. The van der Waals surface area contributed by atoms with Gasteiger partial charge in [-0.3, -0.25) is 4.79 Å². The number of aromatic nitrogens is 2. The summed E-state index contributed by atoms with van der Waals surface area (Å²) in [4.78, 5) is 17.2. The van der Waals surface area contributed by atoms with Crippen LogP contribution in [0.4, 0.5) is 0 Å². The van der Waals surface area contributed by atoms with Gasteiger partial charge in [-0.05, 0) is 80.1 Å². The predicted octanol–water partition coefficient (Wildman–Crippen LogP) is 6.09. The summed E-state index contributed by atoms with van der Waals surface area (Å²) in [5, 5.41) is 3.05. The molecule has 5 nitrogen and oxygen atoms in total. The second-order valence-corrected chi connectivity index (χ2v) is 9.67. The number of hydrogen-bond acceptors (Lipinski definition) is 3. The van der Waals surface area contributed by atoms with Crippen LogP contribution in [0.2, 0.25) is 0 Å². The van der Waals surface area contributed by atoms with Crippen LogP contribution >= 0.6 is 0 Å². The van der Waals surface area contributed by atoms with Gasteiger partial charge in [0, 0.05) is 19.5 Å². The van der Waals surface area contributed by atoms with Crippen molar-refractivity contribution in [2.45, 2.75) is 59.4 Å². The number of carbonyl (C=O) groups is 1. The summed E-state index contributed by atoms with van der Waals surface area (Å²) in [7, 11) is 1.64. The van der Waals surface area contributed by atoms with Crippen LogP contribution in [0.3, 0.4) is 0 Å². The highest BCUT2D eigenvalue weighted by atomic mass is 16.5. The third-order valence-corrected chi connectivity index (χ3v) is 6.81. The lowest BCUT2D eigenvalue weighted by molar-refractivity contribution is -0.120. The van der Waals surface area contributed by atoms with Crippen LogP contribution in [-0.2, 0) is 24.2 Å². The summed E-state index contributed by atoms with van der Waals surface area (Å²) >= 11 is 0. The number of nitrogens with one attached hydrogen (secondary N) is 1. The Hall–Kier alpha value is -3.60. The van der Waals surface area contributed by atoms with E-state index in [1.807, 2.05) is 24.3 Å². The van der Waals surface area contributed by atoms with Crippen molar-refractivity contribution >= 4 is 16.9 Å². The third-order valence-electron chi connectivity index (χ3n) is 6.81. The molecule has 1 N–H and O–H groups in total. The summed E-state index contributed by atoms with van der Waals surface area (Å²) in [6.07, 6.45) is 4.38. The minimum absolute atomic E-state index is 0.0609. The minimum atomic E-state index is 0.0609. The van der Waals surface area contributed by atoms with Crippen LogP contribution in [0.5, 0.6) is 5.75 Å². The highest BCUT2D eigenvalue weighted by Crippen LogP contribution is 2.23. The Labute approximate surface area is 214 Å². The molecule has 1 aromatic heterocycles. The standard InChI is InChI=1S/C31H37N3O2/c1-22-18-23(2)27(24(3)19-22)21-34-29-11-8-7-10-28(29)33-30(34)12-6-5-9-17-32-31(35)20-25-13-15-26(36-4)16-14-25/h7-8,10-11,13-16,18-19H,5-6,9,12,17,20-21H2,1-4H3,(H,32,35). The smallest absolute Gasteiger partial charge is 0.224 e. The largest absolute Gasteiger partial charge is 0.497 e. The Balaban J connectivity index is 1.31. The van der Waals surface area contributed by atoms with E-state index in [0.717, 1.165) is 54.9 Å². The van der Waals surface area contributed by atoms with Crippen molar-refractivity contribution in [2.24, 2.45) is 0 Å². The zero-order valence-electron chi connectivity index (χ0n) is 21.9. The van der Waals surface area contributed by atoms with E-state index in [1.54, 1.807) is 7.11 Å². The molecular formula is C31H37N3O2. The first-order valence-corrected chi connectivity index (χ1v) is 12.8. The number of rotatable bonds is 11. The van der Waals surface area contributed by atoms with Gasteiger partial charge >= 0.3 is 0 Å². The molecular weight excluding hydrogens is 446 g/mol. The first kappa shape index (κ1) is 25.5. The second-order valence-electron chi connectivity index (χ2n) is 9.67. The molecule has 0 saturated heterocycles. The van der Waals surface area contributed by atoms with Crippen LogP contribution in [0.1, 0.15) is 52.9 Å². The van der Waals surface area contributed by atoms with Gasteiger partial charge in [-0.1, -0.05) is 48.4 Å². The second kappa shape index (κ2) is 11.9. The highest BCUT2D eigenvalue weighted by Gasteiger charge is 2.13. The van der Waals surface area contributed by atoms with Crippen molar-refractivity contribution in [3.63, 3.8) is 0 Å². The van der Waals surface area contributed by atoms with Crippen molar-refractivity contribution in [2.75, 3.05) is 13.7 Å². The van der Waals surface area contributed by atoms with Crippen LogP contribution in [0.25, 0.3) is 11.0 Å². The molecule has 0 spiro atoms. The lowest BCUT2D eigenvalue weighted by Gasteiger charge is -2.15. The van der Waals surface area contributed by atoms with E-state index in [0.29, 0.717) is 13.0 Å². The number of benzene rings is 3. The van der Waals surface area contributed by atoms with Gasteiger partial charge in [0.05, 0.1) is 24.6 Å². The van der Waals surface area contributed by atoms with Gasteiger partial charge in [0.1, 0.15) is 11.6 Å². The van der Waals surface area contributed by atoms with E-state index in [4.69, 9.17) is 9.72 Å². The molecule has 4 aromatic rings. The average molecular weight is 484 g/mol. The third kappa shape index (κ3) is 6.34. The first-order chi connectivity index (χ1) is 17.4. The summed E-state index contributed by atoms with van der Waals surface area (Å²) in [5.74, 6) is 2.00. The van der Waals surface area contributed by atoms with Crippen LogP contribution < -0.4 is 10.1 Å². The predicted molar refractivity (Wildman–Crippen MR) is 147 cm³/mol. The van der Waals surface area contributed by atoms with Gasteiger partial charge < -0.3 is 14.6 Å². The van der Waals surface area contributed by atoms with E-state index in [-0.39, 0.29) is 5.91 Å². The lowest BCUT2D eigenvalue weighted by atomic mass is 9.99. The molecule has 0 saturated carbocycles. The van der Waals surface area contributed by atoms with Gasteiger partial charge in [-0.25, -0.2) is 4.98 Å². The van der Waals surface area contributed by atoms with Crippen LogP contribution in [-0.4, -0.2) is 29.1 Å². The Morgan fingerprint density at radius 3 is 2.39 bits per heavy atom. The fourth-order valence-electron chi connectivity index (χ4n) is 4.91. The SMILES string of the molecule is COc1ccc(CC(=O)NCCCCCc2nc3ccccc3n2Cc2c(C)cc(C)cc2C)cc1. The van der Waals surface area contributed by atoms with E-state index in [1.165, 1.54) is 27.8 Å². The van der Waals surface area contributed by atoms with E-state index >= 15 is 0 Å². The lowest BCUT2D eigenvalue weighted by Crippen LogP contribution is -2.26. The summed E-state index contributed by atoms with van der Waals surface area (Å²) < 4.78 is 7.56. The molecule has 1 heterocycles. The quantitative estimate of drug-likeness (QED) is 0.263. The molecule has 5 heteroatoms. The Morgan fingerprint density at radius 2 is 1.67 bits per heavy atom. The zero-order valence-corrected chi connectivity index (χ0v) is 21.9. The summed E-state index contributed by atoms with van der Waals surface area (Å²) in [6.45, 7) is 8.11. The Kier molecular flexibility index (Phi) is 8.42. The molecule has 0 bridgehead atoms. The molecule has 36 heavy (non-hydrogen) atoms. The minimum Gasteiger partial charge on any atom is -0.497 e. The average Bonchev–Trinajstić information content (AvgIpc) is 3.21. The molecule has 0 aliphatic heterocycles. The summed E-state index contributed by atoms with van der Waals surface area (Å²) in [6, 6.07) is 20.6. The van der Waals surface area contributed by atoms with Gasteiger partial charge in [0.15, 0.2) is 0 Å². The molecule has 188 valence electrons. The molecule has 0 radical (unpaired) electrons. The van der Waals surface area contributed by atoms with Crippen molar-refractivity contribution in [1.82, 2.24) is 14.9 Å². The first-order valence-electron chi connectivity index (χ1n) is 12.8. The van der Waals surface area contributed by atoms with Gasteiger partial charge in [0.25, 0.3) is 0 Å². The number of methoxy groups -OCH3 is 1. The zero-order chi connectivity index (χ0) is 25.5. The maximum Gasteiger partial charge on any atom is 0.224 e. The molecule has 1 amide bonds. The van der Waals surface area contributed by atoms with Crippen molar-refractivity contribution < 1.29 is 9.53 Å².